The van der Waals surface area contributed by atoms with E-state index in [1.54, 1.807) is 25.4 Å². The summed E-state index contributed by atoms with van der Waals surface area (Å²) in [5.41, 5.74) is 0.588. The molecule has 2 aromatic rings. The molecule has 0 unspecified atom stereocenters. The van der Waals surface area contributed by atoms with Crippen LogP contribution in [0.5, 0.6) is 0 Å². The minimum atomic E-state index is -0.541. The number of nitrogens with zero attached hydrogens (tertiary/aromatic N) is 2. The molecule has 0 spiro atoms. The number of benzene rings is 1. The van der Waals surface area contributed by atoms with Crippen molar-refractivity contribution in [1.29, 1.82) is 0 Å². The molecule has 0 radical (unpaired) electrons. The third-order valence-electron chi connectivity index (χ3n) is 2.97. The minimum Gasteiger partial charge on any atom is -0.467 e. The molecule has 1 heterocycles. The Morgan fingerprint density at radius 1 is 1.40 bits per heavy atom. The Hall–Kier alpha value is -2.63. The van der Waals surface area contributed by atoms with Crippen LogP contribution in [0.2, 0.25) is 0 Å². The maximum atomic E-state index is 11.4. The molecule has 0 amide bonds. The molecule has 0 aliphatic heterocycles. The number of hydrogen-bond donors (Lipinski definition) is 0. The summed E-state index contributed by atoms with van der Waals surface area (Å²) in [6, 6.07) is 8.18. The van der Waals surface area contributed by atoms with Crippen molar-refractivity contribution in [2.24, 2.45) is 0 Å². The van der Waals surface area contributed by atoms with Gasteiger partial charge in [-0.15, -0.1) is 0 Å². The summed E-state index contributed by atoms with van der Waals surface area (Å²) in [7, 11) is 1.80. The van der Waals surface area contributed by atoms with Crippen LogP contribution < -0.4 is 4.90 Å². The van der Waals surface area contributed by atoms with Crippen molar-refractivity contribution in [3.05, 3.63) is 58.0 Å². The van der Waals surface area contributed by atoms with Crippen LogP contribution in [-0.2, 0) is 6.54 Å². The van der Waals surface area contributed by atoms with E-state index in [9.17, 15) is 14.9 Å². The van der Waals surface area contributed by atoms with Crippen molar-refractivity contribution < 1.29 is 14.1 Å². The monoisotopic (exact) mass is 274 g/mol. The number of nitro groups is 1. The van der Waals surface area contributed by atoms with Crippen LogP contribution >= 0.6 is 0 Å². The SMILES string of the molecule is CC(=O)c1ccc(N(C)Cc2ccco2)cc1[N+](=O)[O-]. The molecule has 0 aliphatic carbocycles. The minimum absolute atomic E-state index is 0.116. The van der Waals surface area contributed by atoms with Gasteiger partial charge in [0.15, 0.2) is 5.78 Å². The van der Waals surface area contributed by atoms with E-state index < -0.39 is 4.92 Å². The highest BCUT2D eigenvalue weighted by atomic mass is 16.6. The molecule has 20 heavy (non-hydrogen) atoms. The first-order valence-electron chi connectivity index (χ1n) is 6.02. The van der Waals surface area contributed by atoms with Gasteiger partial charge < -0.3 is 9.32 Å². The second-order valence-electron chi connectivity index (χ2n) is 4.45. The smallest absolute Gasteiger partial charge is 0.282 e. The molecule has 6 nitrogen and oxygen atoms in total. The van der Waals surface area contributed by atoms with E-state index in [1.807, 2.05) is 11.0 Å². The average molecular weight is 274 g/mol. The first-order chi connectivity index (χ1) is 9.49. The van der Waals surface area contributed by atoms with Crippen LogP contribution in [-0.4, -0.2) is 17.8 Å². The lowest BCUT2D eigenvalue weighted by atomic mass is 10.1. The molecule has 0 saturated carbocycles. The molecule has 0 aliphatic rings. The maximum Gasteiger partial charge on any atom is 0.282 e. The van der Waals surface area contributed by atoms with Gasteiger partial charge in [0.1, 0.15) is 5.76 Å². The van der Waals surface area contributed by atoms with E-state index in [2.05, 4.69) is 0 Å². The zero-order valence-electron chi connectivity index (χ0n) is 11.2. The molecule has 1 aromatic carbocycles. The zero-order chi connectivity index (χ0) is 14.7. The fourth-order valence-corrected chi connectivity index (χ4v) is 1.93. The van der Waals surface area contributed by atoms with Gasteiger partial charge in [-0.05, 0) is 31.2 Å². The number of carbonyl (C=O) groups excluding carboxylic acids is 1. The van der Waals surface area contributed by atoms with Gasteiger partial charge in [-0.3, -0.25) is 14.9 Å². The summed E-state index contributed by atoms with van der Waals surface area (Å²) in [5, 5.41) is 11.0. The molecule has 1 aromatic heterocycles. The Balaban J connectivity index is 2.31. The highest BCUT2D eigenvalue weighted by Gasteiger charge is 2.19. The average Bonchev–Trinajstić information content (AvgIpc) is 2.90. The quantitative estimate of drug-likeness (QED) is 0.476. The predicted molar refractivity (Wildman–Crippen MR) is 73.9 cm³/mol. The van der Waals surface area contributed by atoms with Crippen LogP contribution in [0.4, 0.5) is 11.4 Å². The van der Waals surface area contributed by atoms with Crippen molar-refractivity contribution in [3.63, 3.8) is 0 Å². The van der Waals surface area contributed by atoms with Gasteiger partial charge in [0, 0.05) is 18.8 Å². The second-order valence-corrected chi connectivity index (χ2v) is 4.45. The number of rotatable bonds is 5. The number of hydrogen-bond acceptors (Lipinski definition) is 5. The lowest BCUT2D eigenvalue weighted by Gasteiger charge is -2.18. The van der Waals surface area contributed by atoms with Crippen LogP contribution in [0.25, 0.3) is 0 Å². The molecule has 104 valence electrons. The number of Topliss-reactive ketones (excluding diaryl/α,β-unsaturated/α-hetero) is 1. The predicted octanol–water partition coefficient (Wildman–Crippen LogP) is 3.03. The summed E-state index contributed by atoms with van der Waals surface area (Å²) in [5.74, 6) is 0.433. The topological polar surface area (TPSA) is 76.6 Å². The highest BCUT2D eigenvalue weighted by Crippen LogP contribution is 2.26. The van der Waals surface area contributed by atoms with Gasteiger partial charge in [-0.1, -0.05) is 0 Å². The molecule has 0 N–H and O–H groups in total. The number of furan rings is 1. The Kier molecular flexibility index (Phi) is 3.84. The Labute approximate surface area is 115 Å². The van der Waals surface area contributed by atoms with E-state index in [4.69, 9.17) is 4.42 Å². The van der Waals surface area contributed by atoms with Gasteiger partial charge in [0.25, 0.3) is 5.69 Å². The molecule has 0 saturated heterocycles. The third kappa shape index (κ3) is 2.85. The number of carbonyl (C=O) groups is 1. The van der Waals surface area contributed by atoms with Crippen LogP contribution in [0, 0.1) is 10.1 Å². The fraction of sp³-hybridized carbons (Fsp3) is 0.214. The standard InChI is InChI=1S/C14H14N2O4/c1-10(17)13-6-5-11(8-14(13)16(18)19)15(2)9-12-4-3-7-20-12/h3-8H,9H2,1-2H3. The molecule has 2 rings (SSSR count). The largest absolute Gasteiger partial charge is 0.467 e. The molecule has 6 heteroatoms. The van der Waals surface area contributed by atoms with Crippen LogP contribution in [0.3, 0.4) is 0 Å². The van der Waals surface area contributed by atoms with Gasteiger partial charge in [0.2, 0.25) is 0 Å². The lowest BCUT2D eigenvalue weighted by Crippen LogP contribution is -2.16. The van der Waals surface area contributed by atoms with Crippen molar-refractivity contribution >= 4 is 17.2 Å². The second kappa shape index (κ2) is 5.56. The maximum absolute atomic E-state index is 11.4. The summed E-state index contributed by atoms with van der Waals surface area (Å²) in [6.45, 7) is 1.80. The number of nitro benzene ring substituents is 1. The zero-order valence-corrected chi connectivity index (χ0v) is 11.2. The van der Waals surface area contributed by atoms with Gasteiger partial charge in [-0.2, -0.15) is 0 Å². The normalized spacial score (nSPS) is 10.3. The third-order valence-corrected chi connectivity index (χ3v) is 2.97. The first kappa shape index (κ1) is 13.8. The Morgan fingerprint density at radius 2 is 2.15 bits per heavy atom. The van der Waals surface area contributed by atoms with Crippen LogP contribution in [0.1, 0.15) is 23.0 Å². The molecular formula is C14H14N2O4. The number of anilines is 1. The van der Waals surface area contributed by atoms with Gasteiger partial charge in [-0.25, -0.2) is 0 Å². The van der Waals surface area contributed by atoms with Gasteiger partial charge in [0.05, 0.1) is 23.3 Å². The summed E-state index contributed by atoms with van der Waals surface area (Å²) < 4.78 is 5.24. The van der Waals surface area contributed by atoms with E-state index in [0.29, 0.717) is 12.2 Å². The molecular weight excluding hydrogens is 260 g/mol. The van der Waals surface area contributed by atoms with Crippen molar-refractivity contribution in [1.82, 2.24) is 0 Å². The Morgan fingerprint density at radius 3 is 2.70 bits per heavy atom. The lowest BCUT2D eigenvalue weighted by molar-refractivity contribution is -0.385. The molecule has 0 atom stereocenters. The number of ketones is 1. The first-order valence-corrected chi connectivity index (χ1v) is 6.02. The van der Waals surface area contributed by atoms with E-state index in [-0.39, 0.29) is 17.0 Å². The summed E-state index contributed by atoms with van der Waals surface area (Å²) in [4.78, 5) is 23.7. The van der Waals surface area contributed by atoms with E-state index >= 15 is 0 Å². The van der Waals surface area contributed by atoms with Crippen molar-refractivity contribution in [3.8, 4) is 0 Å². The van der Waals surface area contributed by atoms with Crippen molar-refractivity contribution in [2.45, 2.75) is 13.5 Å². The molecule has 0 fully saturated rings. The Bertz CT molecular complexity index is 635. The van der Waals surface area contributed by atoms with Crippen LogP contribution in [0.15, 0.2) is 41.0 Å². The van der Waals surface area contributed by atoms with Gasteiger partial charge >= 0.3 is 0 Å². The van der Waals surface area contributed by atoms with E-state index in [1.165, 1.54) is 19.1 Å². The fourth-order valence-electron chi connectivity index (χ4n) is 1.93. The highest BCUT2D eigenvalue weighted by molar-refractivity contribution is 5.98. The van der Waals surface area contributed by atoms with Crippen molar-refractivity contribution in [2.75, 3.05) is 11.9 Å². The summed E-state index contributed by atoms with van der Waals surface area (Å²) in [6.07, 6.45) is 1.57. The summed E-state index contributed by atoms with van der Waals surface area (Å²) >= 11 is 0. The van der Waals surface area contributed by atoms with E-state index in [0.717, 1.165) is 5.76 Å². The molecule has 0 bridgehead atoms.